The third-order valence-corrected chi connectivity index (χ3v) is 2.80. The summed E-state index contributed by atoms with van der Waals surface area (Å²) in [5.74, 6) is 0.198. The summed E-state index contributed by atoms with van der Waals surface area (Å²) in [6.07, 6.45) is 1.42. The van der Waals surface area contributed by atoms with E-state index in [2.05, 4.69) is 25.7 Å². The van der Waals surface area contributed by atoms with E-state index >= 15 is 0 Å². The quantitative estimate of drug-likeness (QED) is 0.579. The monoisotopic (exact) mass is 309 g/mol. The van der Waals surface area contributed by atoms with E-state index in [0.717, 1.165) is 0 Å². The Morgan fingerprint density at radius 3 is 2.90 bits per heavy atom. The number of phenolic OH excluding ortho intramolecular Hbond substituents is 1. The highest BCUT2D eigenvalue weighted by atomic mass is 35.5. The van der Waals surface area contributed by atoms with Crippen LogP contribution in [0.15, 0.2) is 22.0 Å². The van der Waals surface area contributed by atoms with Gasteiger partial charge in [0.25, 0.3) is 5.56 Å². The summed E-state index contributed by atoms with van der Waals surface area (Å²) in [5.41, 5.74) is 3.03. The van der Waals surface area contributed by atoms with Crippen LogP contribution in [0.5, 0.6) is 11.5 Å². The maximum absolute atomic E-state index is 11.3. The molecule has 2 aromatic rings. The highest BCUT2D eigenvalue weighted by molar-refractivity contribution is 6.32. The molecule has 0 amide bonds. The number of phenols is 1. The number of hydrogen-bond acceptors (Lipinski definition) is 7. The number of nitrogens with zero attached hydrogens (tertiary/aromatic N) is 3. The second-order valence-electron chi connectivity index (χ2n) is 4.01. The van der Waals surface area contributed by atoms with Gasteiger partial charge in [-0.1, -0.05) is 11.6 Å². The number of halogens is 1. The molecular formula is C12H12ClN5O3. The number of aromatic amines is 1. The molecule has 9 heteroatoms. The van der Waals surface area contributed by atoms with Crippen molar-refractivity contribution in [2.75, 3.05) is 12.5 Å². The number of aromatic hydroxyl groups is 1. The Balaban J connectivity index is 2.16. The normalized spacial score (nSPS) is 10.8. The van der Waals surface area contributed by atoms with Gasteiger partial charge in [-0.3, -0.25) is 9.78 Å². The van der Waals surface area contributed by atoms with Crippen LogP contribution in [-0.4, -0.2) is 33.6 Å². The fraction of sp³-hybridized carbons (Fsp3) is 0.167. The molecule has 0 bridgehead atoms. The average Bonchev–Trinajstić information content (AvgIpc) is 2.46. The van der Waals surface area contributed by atoms with Gasteiger partial charge in [0.15, 0.2) is 11.5 Å². The van der Waals surface area contributed by atoms with Crippen LogP contribution in [0.1, 0.15) is 11.3 Å². The van der Waals surface area contributed by atoms with E-state index in [4.69, 9.17) is 16.3 Å². The van der Waals surface area contributed by atoms with Crippen molar-refractivity contribution in [3.05, 3.63) is 38.8 Å². The summed E-state index contributed by atoms with van der Waals surface area (Å²) in [5, 5.41) is 21.0. The molecule has 0 aliphatic heterocycles. The summed E-state index contributed by atoms with van der Waals surface area (Å²) in [7, 11) is 1.41. The maximum Gasteiger partial charge on any atom is 0.274 e. The van der Waals surface area contributed by atoms with Crippen molar-refractivity contribution < 1.29 is 9.84 Å². The molecule has 3 N–H and O–H groups in total. The van der Waals surface area contributed by atoms with Crippen LogP contribution in [0.2, 0.25) is 5.02 Å². The topological polar surface area (TPSA) is 112 Å². The standard InChI is InChI=1S/C12H12ClN5O3/c1-6-11(20)15-12(18-16-6)17-14-5-7-3-8(13)10(19)9(4-7)21-2/h3-5,19H,1-2H3,(H2,15,17,18,20)/b14-5+. The van der Waals surface area contributed by atoms with Gasteiger partial charge in [0, 0.05) is 0 Å². The molecular weight excluding hydrogens is 298 g/mol. The smallest absolute Gasteiger partial charge is 0.274 e. The predicted molar refractivity (Wildman–Crippen MR) is 78.3 cm³/mol. The zero-order valence-electron chi connectivity index (χ0n) is 11.2. The Labute approximate surface area is 124 Å². The maximum atomic E-state index is 11.3. The van der Waals surface area contributed by atoms with Gasteiger partial charge >= 0.3 is 0 Å². The summed E-state index contributed by atoms with van der Waals surface area (Å²) in [6.45, 7) is 1.55. The number of methoxy groups -OCH3 is 1. The van der Waals surface area contributed by atoms with E-state index in [1.54, 1.807) is 13.0 Å². The second kappa shape index (κ2) is 6.23. The first-order chi connectivity index (χ1) is 10.0. The Morgan fingerprint density at radius 1 is 1.48 bits per heavy atom. The third kappa shape index (κ3) is 3.48. The van der Waals surface area contributed by atoms with E-state index < -0.39 is 0 Å². The Kier molecular flexibility index (Phi) is 4.39. The molecule has 0 fully saturated rings. The summed E-state index contributed by atoms with van der Waals surface area (Å²) in [6, 6.07) is 3.06. The molecule has 8 nitrogen and oxygen atoms in total. The number of H-pyrrole nitrogens is 1. The lowest BCUT2D eigenvalue weighted by molar-refractivity contribution is 0.373. The van der Waals surface area contributed by atoms with E-state index in [-0.39, 0.29) is 33.7 Å². The van der Waals surface area contributed by atoms with Gasteiger partial charge < -0.3 is 9.84 Å². The number of anilines is 1. The van der Waals surface area contributed by atoms with E-state index in [9.17, 15) is 9.90 Å². The van der Waals surface area contributed by atoms with Gasteiger partial charge in [0.2, 0.25) is 5.95 Å². The molecule has 110 valence electrons. The minimum atomic E-state index is -0.350. The fourth-order valence-corrected chi connectivity index (χ4v) is 1.65. The van der Waals surface area contributed by atoms with Gasteiger partial charge in [-0.15, -0.1) is 10.2 Å². The van der Waals surface area contributed by atoms with Crippen molar-refractivity contribution in [2.24, 2.45) is 5.10 Å². The average molecular weight is 310 g/mol. The predicted octanol–water partition coefficient (Wildman–Crippen LogP) is 1.29. The van der Waals surface area contributed by atoms with E-state index in [0.29, 0.717) is 5.56 Å². The summed E-state index contributed by atoms with van der Waals surface area (Å²) in [4.78, 5) is 13.8. The van der Waals surface area contributed by atoms with Crippen LogP contribution < -0.4 is 15.7 Å². The molecule has 0 saturated heterocycles. The molecule has 1 heterocycles. The highest BCUT2D eigenvalue weighted by Gasteiger charge is 2.07. The SMILES string of the molecule is COc1cc(/C=N/Nc2nnc(C)c(=O)[nH]2)cc(Cl)c1O. The van der Waals surface area contributed by atoms with Crippen LogP contribution >= 0.6 is 11.6 Å². The van der Waals surface area contributed by atoms with Crippen molar-refractivity contribution in [1.82, 2.24) is 15.2 Å². The van der Waals surface area contributed by atoms with Crippen LogP contribution in [0.3, 0.4) is 0 Å². The minimum absolute atomic E-state index is 0.110. The number of hydrazone groups is 1. The second-order valence-corrected chi connectivity index (χ2v) is 4.42. The van der Waals surface area contributed by atoms with Gasteiger partial charge in [-0.2, -0.15) is 5.10 Å². The number of aryl methyl sites for hydroxylation is 1. The first-order valence-electron chi connectivity index (χ1n) is 5.80. The van der Waals surface area contributed by atoms with Crippen LogP contribution in [0.4, 0.5) is 5.95 Å². The number of aromatic nitrogens is 3. The van der Waals surface area contributed by atoms with Crippen LogP contribution in [-0.2, 0) is 0 Å². The molecule has 0 spiro atoms. The molecule has 0 aliphatic rings. The molecule has 21 heavy (non-hydrogen) atoms. The van der Waals surface area contributed by atoms with Gasteiger partial charge in [0.1, 0.15) is 5.69 Å². The molecule has 0 atom stereocenters. The number of ether oxygens (including phenoxy) is 1. The zero-order chi connectivity index (χ0) is 15.4. The first kappa shape index (κ1) is 14.8. The number of hydrogen-bond donors (Lipinski definition) is 3. The van der Waals surface area contributed by atoms with E-state index in [1.165, 1.54) is 19.4 Å². The minimum Gasteiger partial charge on any atom is -0.503 e. The molecule has 0 unspecified atom stereocenters. The number of nitrogens with one attached hydrogen (secondary N) is 2. The summed E-state index contributed by atoms with van der Waals surface area (Å²) >= 11 is 5.85. The Morgan fingerprint density at radius 2 is 2.24 bits per heavy atom. The molecule has 1 aromatic heterocycles. The van der Waals surface area contributed by atoms with Crippen molar-refractivity contribution >= 4 is 23.8 Å². The Hall–Kier alpha value is -2.61. The lowest BCUT2D eigenvalue weighted by Gasteiger charge is -2.06. The van der Waals surface area contributed by atoms with Gasteiger partial charge in [0.05, 0.1) is 18.3 Å². The molecule has 0 radical (unpaired) electrons. The number of rotatable bonds is 4. The van der Waals surface area contributed by atoms with Gasteiger partial charge in [-0.25, -0.2) is 5.43 Å². The largest absolute Gasteiger partial charge is 0.503 e. The highest BCUT2D eigenvalue weighted by Crippen LogP contribution is 2.34. The van der Waals surface area contributed by atoms with Gasteiger partial charge in [-0.05, 0) is 24.6 Å². The number of benzene rings is 1. The van der Waals surface area contributed by atoms with Crippen LogP contribution in [0, 0.1) is 6.92 Å². The van der Waals surface area contributed by atoms with Crippen molar-refractivity contribution in [3.8, 4) is 11.5 Å². The fourth-order valence-electron chi connectivity index (χ4n) is 1.44. The molecule has 2 rings (SSSR count). The lowest BCUT2D eigenvalue weighted by Crippen LogP contribution is -2.15. The first-order valence-corrected chi connectivity index (χ1v) is 6.18. The van der Waals surface area contributed by atoms with Crippen molar-refractivity contribution in [3.63, 3.8) is 0 Å². The zero-order valence-corrected chi connectivity index (χ0v) is 12.0. The van der Waals surface area contributed by atoms with Crippen molar-refractivity contribution in [1.29, 1.82) is 0 Å². The Bertz CT molecular complexity index is 744. The lowest BCUT2D eigenvalue weighted by atomic mass is 10.2. The van der Waals surface area contributed by atoms with E-state index in [1.807, 2.05) is 0 Å². The molecule has 0 saturated carbocycles. The molecule has 1 aromatic carbocycles. The molecule has 0 aliphatic carbocycles. The van der Waals surface area contributed by atoms with Crippen molar-refractivity contribution in [2.45, 2.75) is 6.92 Å². The third-order valence-electron chi connectivity index (χ3n) is 2.52. The van der Waals surface area contributed by atoms with Crippen LogP contribution in [0.25, 0.3) is 0 Å². The summed E-state index contributed by atoms with van der Waals surface area (Å²) < 4.78 is 4.97.